The van der Waals surface area contributed by atoms with Gasteiger partial charge < -0.3 is 25.6 Å². The average Bonchev–Trinajstić information content (AvgIpc) is 3.38. The maximum absolute atomic E-state index is 13.5. The van der Waals surface area contributed by atoms with E-state index in [4.69, 9.17) is 4.74 Å². The van der Waals surface area contributed by atoms with E-state index < -0.39 is 30.5 Å². The summed E-state index contributed by atoms with van der Waals surface area (Å²) in [6.45, 7) is 2.81. The molecule has 6 atom stereocenters. The molecule has 4 rings (SSSR count). The average molecular weight is 460 g/mol. The predicted octanol–water partition coefficient (Wildman–Crippen LogP) is 1.50. The van der Waals surface area contributed by atoms with Gasteiger partial charge in [-0.3, -0.25) is 9.59 Å². The van der Waals surface area contributed by atoms with Crippen molar-refractivity contribution in [2.24, 2.45) is 11.8 Å². The van der Waals surface area contributed by atoms with Gasteiger partial charge in [0.05, 0.1) is 18.7 Å². The number of amides is 2. The molecule has 1 aromatic carbocycles. The minimum atomic E-state index is -1.29. The summed E-state index contributed by atoms with van der Waals surface area (Å²) in [5.41, 5.74) is 0.949. The fraction of sp³-hybridized carbons (Fsp3) is 0.680. The third-order valence-corrected chi connectivity index (χ3v) is 7.22. The van der Waals surface area contributed by atoms with Crippen molar-refractivity contribution in [3.63, 3.8) is 0 Å². The van der Waals surface area contributed by atoms with Gasteiger partial charge in [-0.25, -0.2) is 4.90 Å². The van der Waals surface area contributed by atoms with Crippen LogP contribution in [0.25, 0.3) is 0 Å². The molecule has 1 saturated heterocycles. The van der Waals surface area contributed by atoms with E-state index in [9.17, 15) is 19.8 Å². The Morgan fingerprint density at radius 3 is 2.61 bits per heavy atom. The van der Waals surface area contributed by atoms with Crippen molar-refractivity contribution >= 4 is 11.8 Å². The number of hydrogen-bond donors (Lipinski definition) is 4. The highest BCUT2D eigenvalue weighted by Crippen LogP contribution is 2.43. The highest BCUT2D eigenvalue weighted by molar-refractivity contribution is 5.86. The van der Waals surface area contributed by atoms with Crippen LogP contribution in [0.4, 0.5) is 0 Å². The summed E-state index contributed by atoms with van der Waals surface area (Å²) in [5.74, 6) is -0.198. The first-order valence-corrected chi connectivity index (χ1v) is 12.4. The van der Waals surface area contributed by atoms with Crippen LogP contribution < -0.4 is 10.6 Å². The number of aliphatic hydroxyl groups excluding tert-OH is 2. The van der Waals surface area contributed by atoms with Crippen LogP contribution in [-0.2, 0) is 20.9 Å². The molecule has 182 valence electrons. The lowest BCUT2D eigenvalue weighted by Crippen LogP contribution is -2.57. The van der Waals surface area contributed by atoms with Crippen LogP contribution in [0.1, 0.15) is 57.4 Å². The quantitative estimate of drug-likeness (QED) is 0.373. The second-order valence-electron chi connectivity index (χ2n) is 9.75. The first kappa shape index (κ1) is 24.1. The molecule has 2 unspecified atom stereocenters. The number of fused-ring (bicyclic) bond motifs is 1. The molecule has 1 heterocycles. The zero-order valence-electron chi connectivity index (χ0n) is 19.4. The SMILES string of the molecule is CCC[C@H](NC(=O)[C@@H]1[C@H]2CCC[C@H]2CN1C(O)OCc1ccccc1)C(O)C(=O)NC1CC1. The molecule has 8 heteroatoms. The highest BCUT2D eigenvalue weighted by Gasteiger charge is 2.50. The summed E-state index contributed by atoms with van der Waals surface area (Å²) in [6.07, 6.45) is 3.63. The molecule has 0 spiro atoms. The van der Waals surface area contributed by atoms with Gasteiger partial charge in [0.15, 0.2) is 6.10 Å². The van der Waals surface area contributed by atoms with E-state index in [1.807, 2.05) is 37.3 Å². The van der Waals surface area contributed by atoms with Crippen molar-refractivity contribution in [2.45, 2.75) is 89.1 Å². The molecular formula is C25H37N3O5. The van der Waals surface area contributed by atoms with Crippen LogP contribution in [0.15, 0.2) is 30.3 Å². The van der Waals surface area contributed by atoms with Crippen LogP contribution in [0, 0.1) is 11.8 Å². The standard InChI is InChI=1S/C25H37N3O5/c1-2-7-20(22(29)24(31)26-18-12-13-18)27-23(30)21-19-11-6-10-17(19)14-28(21)25(32)33-15-16-8-4-3-5-9-16/h3-5,8-9,17-22,25,29,32H,2,6-7,10-15H2,1H3,(H,26,31)(H,27,30)/t17-,19-,20-,21-,22?,25?/m0/s1. The Balaban J connectivity index is 1.42. The lowest BCUT2D eigenvalue weighted by molar-refractivity contribution is -0.207. The van der Waals surface area contributed by atoms with Gasteiger partial charge in [-0.1, -0.05) is 50.1 Å². The maximum Gasteiger partial charge on any atom is 0.251 e. The van der Waals surface area contributed by atoms with Gasteiger partial charge in [-0.2, -0.15) is 0 Å². The van der Waals surface area contributed by atoms with Crippen LogP contribution in [0.2, 0.25) is 0 Å². The number of carbonyl (C=O) groups excluding carboxylic acids is 2. The Labute approximate surface area is 195 Å². The van der Waals surface area contributed by atoms with Crippen LogP contribution in [0.5, 0.6) is 0 Å². The largest absolute Gasteiger partial charge is 0.381 e. The molecular weight excluding hydrogens is 422 g/mol. The summed E-state index contributed by atoms with van der Waals surface area (Å²) in [5, 5.41) is 27.2. The van der Waals surface area contributed by atoms with Crippen molar-refractivity contribution in [2.75, 3.05) is 6.54 Å². The molecule has 0 bridgehead atoms. The number of benzene rings is 1. The fourth-order valence-electron chi connectivity index (χ4n) is 5.34. The van der Waals surface area contributed by atoms with Crippen molar-refractivity contribution in [3.05, 3.63) is 35.9 Å². The molecule has 2 aliphatic carbocycles. The van der Waals surface area contributed by atoms with E-state index in [-0.39, 0.29) is 24.5 Å². The first-order valence-electron chi connectivity index (χ1n) is 12.4. The van der Waals surface area contributed by atoms with Gasteiger partial charge >= 0.3 is 0 Å². The molecule has 33 heavy (non-hydrogen) atoms. The Kier molecular flexibility index (Phi) is 8.01. The van der Waals surface area contributed by atoms with E-state index in [1.165, 1.54) is 0 Å². The van der Waals surface area contributed by atoms with E-state index >= 15 is 0 Å². The van der Waals surface area contributed by atoms with Crippen LogP contribution in [-0.4, -0.2) is 64.1 Å². The normalized spacial score (nSPS) is 27.5. The van der Waals surface area contributed by atoms with E-state index in [0.717, 1.165) is 44.1 Å². The molecule has 1 aliphatic heterocycles. The van der Waals surface area contributed by atoms with E-state index in [0.29, 0.717) is 18.9 Å². The van der Waals surface area contributed by atoms with Crippen molar-refractivity contribution < 1.29 is 24.5 Å². The molecule has 4 N–H and O–H groups in total. The predicted molar refractivity (Wildman–Crippen MR) is 123 cm³/mol. The Morgan fingerprint density at radius 2 is 1.91 bits per heavy atom. The van der Waals surface area contributed by atoms with Crippen molar-refractivity contribution in [1.82, 2.24) is 15.5 Å². The summed E-state index contributed by atoms with van der Waals surface area (Å²) in [4.78, 5) is 27.6. The number of likely N-dealkylation sites (tertiary alicyclic amines) is 1. The zero-order chi connectivity index (χ0) is 23.4. The first-order chi connectivity index (χ1) is 16.0. The molecule has 1 aromatic rings. The third-order valence-electron chi connectivity index (χ3n) is 7.22. The smallest absolute Gasteiger partial charge is 0.251 e. The molecule has 8 nitrogen and oxygen atoms in total. The Hall–Kier alpha value is -2.00. The number of nitrogens with one attached hydrogen (secondary N) is 2. The third kappa shape index (κ3) is 5.93. The van der Waals surface area contributed by atoms with Crippen molar-refractivity contribution in [1.29, 1.82) is 0 Å². The fourth-order valence-corrected chi connectivity index (χ4v) is 5.34. The van der Waals surface area contributed by atoms with Gasteiger partial charge in [0, 0.05) is 12.6 Å². The molecule has 3 fully saturated rings. The molecule has 3 aliphatic rings. The summed E-state index contributed by atoms with van der Waals surface area (Å²) in [6, 6.07) is 8.56. The van der Waals surface area contributed by atoms with Gasteiger partial charge in [-0.15, -0.1) is 0 Å². The van der Waals surface area contributed by atoms with Gasteiger partial charge in [-0.05, 0) is 49.5 Å². The lowest BCUT2D eigenvalue weighted by atomic mass is 9.93. The monoisotopic (exact) mass is 459 g/mol. The Bertz CT molecular complexity index is 802. The number of carbonyl (C=O) groups is 2. The van der Waals surface area contributed by atoms with Gasteiger partial charge in [0.2, 0.25) is 12.3 Å². The number of hydrogen-bond acceptors (Lipinski definition) is 6. The zero-order valence-corrected chi connectivity index (χ0v) is 19.4. The van der Waals surface area contributed by atoms with Crippen LogP contribution >= 0.6 is 0 Å². The maximum atomic E-state index is 13.5. The second-order valence-corrected chi connectivity index (χ2v) is 9.75. The lowest BCUT2D eigenvalue weighted by Gasteiger charge is -2.32. The summed E-state index contributed by atoms with van der Waals surface area (Å²) >= 11 is 0. The van der Waals surface area contributed by atoms with Crippen LogP contribution in [0.3, 0.4) is 0 Å². The molecule has 2 amide bonds. The minimum Gasteiger partial charge on any atom is -0.381 e. The molecule has 0 aromatic heterocycles. The number of rotatable bonds is 11. The van der Waals surface area contributed by atoms with E-state index in [1.54, 1.807) is 4.90 Å². The topological polar surface area (TPSA) is 111 Å². The Morgan fingerprint density at radius 1 is 1.15 bits per heavy atom. The summed E-state index contributed by atoms with van der Waals surface area (Å²) in [7, 11) is 0. The summed E-state index contributed by atoms with van der Waals surface area (Å²) < 4.78 is 5.73. The second kappa shape index (κ2) is 11.0. The van der Waals surface area contributed by atoms with Gasteiger partial charge in [0.25, 0.3) is 5.91 Å². The number of nitrogens with zero attached hydrogens (tertiary/aromatic N) is 1. The number of ether oxygens (including phenoxy) is 1. The number of aliphatic hydroxyl groups is 2. The van der Waals surface area contributed by atoms with E-state index in [2.05, 4.69) is 10.6 Å². The highest BCUT2D eigenvalue weighted by atomic mass is 16.6. The van der Waals surface area contributed by atoms with Gasteiger partial charge in [0.1, 0.15) is 0 Å². The molecule has 2 saturated carbocycles. The van der Waals surface area contributed by atoms with Crippen molar-refractivity contribution in [3.8, 4) is 0 Å². The minimum absolute atomic E-state index is 0.139. The molecule has 0 radical (unpaired) electrons.